The summed E-state index contributed by atoms with van der Waals surface area (Å²) >= 11 is 0. The Balaban J connectivity index is 2.33. The number of fused-ring (bicyclic) bond motifs is 1. The highest BCUT2D eigenvalue weighted by molar-refractivity contribution is 6.02. The van der Waals surface area contributed by atoms with E-state index in [2.05, 4.69) is 0 Å². The molecule has 5 heteroatoms. The van der Waals surface area contributed by atoms with Gasteiger partial charge >= 0.3 is 0 Å². The van der Waals surface area contributed by atoms with E-state index in [1.54, 1.807) is 6.07 Å². The van der Waals surface area contributed by atoms with Crippen molar-refractivity contribution >= 4 is 5.78 Å². The van der Waals surface area contributed by atoms with E-state index in [1.807, 2.05) is 0 Å². The Labute approximate surface area is 92.5 Å². The largest absolute Gasteiger partial charge is 0.507 e. The fourth-order valence-corrected chi connectivity index (χ4v) is 1.56. The number of carbonyl (C=O) groups is 1. The second kappa shape index (κ2) is 4.40. The molecule has 0 aromatic heterocycles. The van der Waals surface area contributed by atoms with Crippen LogP contribution in [0.5, 0.6) is 17.2 Å². The van der Waals surface area contributed by atoms with Crippen LogP contribution in [0.15, 0.2) is 12.1 Å². The Kier molecular flexibility index (Phi) is 2.96. The van der Waals surface area contributed by atoms with E-state index in [0.717, 1.165) is 0 Å². The first kappa shape index (κ1) is 10.8. The number of hydrogen-bond donors (Lipinski definition) is 1. The van der Waals surface area contributed by atoms with Crippen LogP contribution in [-0.2, 0) is 4.74 Å². The highest BCUT2D eigenvalue weighted by Gasteiger charge is 2.23. The molecule has 0 amide bonds. The lowest BCUT2D eigenvalue weighted by Crippen LogP contribution is -2.15. The molecule has 1 aromatic carbocycles. The van der Waals surface area contributed by atoms with Crippen molar-refractivity contribution in [3.05, 3.63) is 17.7 Å². The molecule has 16 heavy (non-hydrogen) atoms. The van der Waals surface area contributed by atoms with Crippen LogP contribution in [0.2, 0.25) is 0 Å². The Hall–Kier alpha value is -1.75. The first-order valence-corrected chi connectivity index (χ1v) is 4.87. The van der Waals surface area contributed by atoms with Crippen molar-refractivity contribution in [1.29, 1.82) is 0 Å². The number of hydrogen-bond acceptors (Lipinski definition) is 5. The second-order valence-corrected chi connectivity index (χ2v) is 3.39. The summed E-state index contributed by atoms with van der Waals surface area (Å²) in [6, 6.07) is 2.95. The Morgan fingerprint density at radius 2 is 2.31 bits per heavy atom. The number of Topliss-reactive ketones (excluding diaryl/α,β-unsaturated/α-hetero) is 1. The zero-order valence-corrected chi connectivity index (χ0v) is 8.86. The Morgan fingerprint density at radius 1 is 1.50 bits per heavy atom. The van der Waals surface area contributed by atoms with Crippen LogP contribution < -0.4 is 9.47 Å². The molecule has 1 aromatic rings. The fourth-order valence-electron chi connectivity index (χ4n) is 1.56. The van der Waals surface area contributed by atoms with Crippen molar-refractivity contribution in [2.75, 3.05) is 20.5 Å². The molecule has 0 unspecified atom stereocenters. The molecule has 86 valence electrons. The van der Waals surface area contributed by atoms with Gasteiger partial charge in [-0.1, -0.05) is 0 Å². The molecule has 0 bridgehead atoms. The number of phenols is 1. The molecule has 2 rings (SSSR count). The molecule has 1 N–H and O–H groups in total. The van der Waals surface area contributed by atoms with Gasteiger partial charge in [0.05, 0.1) is 6.61 Å². The lowest BCUT2D eigenvalue weighted by atomic mass is 10.0. The number of ether oxygens (including phenoxy) is 3. The van der Waals surface area contributed by atoms with E-state index >= 15 is 0 Å². The van der Waals surface area contributed by atoms with Gasteiger partial charge in [-0.05, 0) is 0 Å². The number of methoxy groups -OCH3 is 1. The Morgan fingerprint density at radius 3 is 3.06 bits per heavy atom. The third-order valence-electron chi connectivity index (χ3n) is 2.26. The smallest absolute Gasteiger partial charge is 0.188 e. The van der Waals surface area contributed by atoms with Crippen molar-refractivity contribution in [1.82, 2.24) is 0 Å². The van der Waals surface area contributed by atoms with Crippen LogP contribution in [0, 0.1) is 0 Å². The summed E-state index contributed by atoms with van der Waals surface area (Å²) in [5.41, 5.74) is 0.232. The maximum atomic E-state index is 11.5. The summed E-state index contributed by atoms with van der Waals surface area (Å²) < 4.78 is 15.2. The summed E-state index contributed by atoms with van der Waals surface area (Å²) in [4.78, 5) is 11.5. The molecule has 0 spiro atoms. The zero-order chi connectivity index (χ0) is 11.5. The third kappa shape index (κ3) is 1.94. The molecular formula is C11H12O5. The number of phenolic OH excluding ortho intramolecular Hbond substituents is 1. The van der Waals surface area contributed by atoms with Crippen molar-refractivity contribution in [2.24, 2.45) is 0 Å². The number of benzene rings is 1. The quantitative estimate of drug-likeness (QED) is 0.785. The number of aromatic hydroxyl groups is 1. The van der Waals surface area contributed by atoms with Crippen LogP contribution >= 0.6 is 0 Å². The lowest BCUT2D eigenvalue weighted by molar-refractivity contribution is 0.0507. The van der Waals surface area contributed by atoms with Gasteiger partial charge in [0, 0.05) is 25.7 Å². The highest BCUT2D eigenvalue weighted by Crippen LogP contribution is 2.36. The zero-order valence-electron chi connectivity index (χ0n) is 8.86. The maximum Gasteiger partial charge on any atom is 0.188 e. The van der Waals surface area contributed by atoms with Crippen LogP contribution in [0.4, 0.5) is 0 Å². The molecule has 0 fully saturated rings. The van der Waals surface area contributed by atoms with E-state index in [9.17, 15) is 9.90 Å². The summed E-state index contributed by atoms with van der Waals surface area (Å²) in [5, 5.41) is 9.69. The van der Waals surface area contributed by atoms with Gasteiger partial charge < -0.3 is 19.3 Å². The number of rotatable bonds is 3. The molecule has 5 nitrogen and oxygen atoms in total. The summed E-state index contributed by atoms with van der Waals surface area (Å²) in [5.74, 6) is 0.542. The first-order valence-electron chi connectivity index (χ1n) is 4.87. The normalized spacial score (nSPS) is 14.2. The number of ketones is 1. The van der Waals surface area contributed by atoms with Gasteiger partial charge in [0.25, 0.3) is 0 Å². The SMILES string of the molecule is COCOc1cc(O)c2c(c1)OCCC2=O. The van der Waals surface area contributed by atoms with Gasteiger partial charge in [0.15, 0.2) is 12.6 Å². The van der Waals surface area contributed by atoms with Gasteiger partial charge in [0.1, 0.15) is 22.8 Å². The van der Waals surface area contributed by atoms with E-state index in [1.165, 1.54) is 13.2 Å². The fraction of sp³-hybridized carbons (Fsp3) is 0.364. The minimum absolute atomic E-state index is 0.0756. The predicted octanol–water partition coefficient (Wildman–Crippen LogP) is 1.34. The van der Waals surface area contributed by atoms with Gasteiger partial charge in [-0.25, -0.2) is 0 Å². The van der Waals surface area contributed by atoms with Gasteiger partial charge in [-0.15, -0.1) is 0 Å². The second-order valence-electron chi connectivity index (χ2n) is 3.39. The van der Waals surface area contributed by atoms with Crippen molar-refractivity contribution in [3.63, 3.8) is 0 Å². The minimum Gasteiger partial charge on any atom is -0.507 e. The molecule has 0 saturated carbocycles. The van der Waals surface area contributed by atoms with Crippen molar-refractivity contribution in [2.45, 2.75) is 6.42 Å². The molecule has 1 heterocycles. The lowest BCUT2D eigenvalue weighted by Gasteiger charge is -2.18. The monoisotopic (exact) mass is 224 g/mol. The van der Waals surface area contributed by atoms with Crippen LogP contribution in [0.3, 0.4) is 0 Å². The van der Waals surface area contributed by atoms with E-state index in [4.69, 9.17) is 14.2 Å². The summed E-state index contributed by atoms with van der Waals surface area (Å²) in [7, 11) is 1.50. The molecule has 1 aliphatic rings. The summed E-state index contributed by atoms with van der Waals surface area (Å²) in [6.45, 7) is 0.408. The van der Waals surface area contributed by atoms with Crippen molar-refractivity contribution in [3.8, 4) is 17.2 Å². The number of carbonyl (C=O) groups excluding carboxylic acids is 1. The van der Waals surface area contributed by atoms with Crippen LogP contribution in [-0.4, -0.2) is 31.4 Å². The van der Waals surface area contributed by atoms with Crippen molar-refractivity contribution < 1.29 is 24.1 Å². The molecule has 0 aliphatic carbocycles. The van der Waals surface area contributed by atoms with Crippen LogP contribution in [0.25, 0.3) is 0 Å². The van der Waals surface area contributed by atoms with Gasteiger partial charge in [-0.3, -0.25) is 4.79 Å². The molecule has 0 radical (unpaired) electrons. The average molecular weight is 224 g/mol. The standard InChI is InChI=1S/C11H12O5/c1-14-6-16-7-4-9(13)11-8(12)2-3-15-10(11)5-7/h4-5,13H,2-3,6H2,1H3. The molecule has 1 aliphatic heterocycles. The predicted molar refractivity (Wildman–Crippen MR) is 55.1 cm³/mol. The maximum absolute atomic E-state index is 11.5. The summed E-state index contributed by atoms with van der Waals surface area (Å²) in [6.07, 6.45) is 0.291. The van der Waals surface area contributed by atoms with Gasteiger partial charge in [0.2, 0.25) is 0 Å². The minimum atomic E-state index is -0.117. The van der Waals surface area contributed by atoms with Crippen LogP contribution in [0.1, 0.15) is 16.8 Å². The molecule has 0 atom stereocenters. The van der Waals surface area contributed by atoms with E-state index < -0.39 is 0 Å². The average Bonchev–Trinajstić information content (AvgIpc) is 2.26. The first-order chi connectivity index (χ1) is 7.72. The molecule has 0 saturated heterocycles. The Bertz CT molecular complexity index is 413. The topological polar surface area (TPSA) is 65.0 Å². The van der Waals surface area contributed by atoms with E-state index in [-0.39, 0.29) is 23.9 Å². The molecular weight excluding hydrogens is 212 g/mol. The highest BCUT2D eigenvalue weighted by atomic mass is 16.7. The van der Waals surface area contributed by atoms with E-state index in [0.29, 0.717) is 24.5 Å². The van der Waals surface area contributed by atoms with Gasteiger partial charge in [-0.2, -0.15) is 0 Å². The third-order valence-corrected chi connectivity index (χ3v) is 2.26.